The van der Waals surface area contributed by atoms with Crippen LogP contribution in [0.5, 0.6) is 0 Å². The standard InChI is InChI=1S/C16H22N4O/c1-3-19-9-11-20(12-10-19)13(2)16-17-15(18-21-16)14-7-5-4-6-8-14/h4-8,13H,3,9-12H2,1-2H3. The Morgan fingerprint density at radius 3 is 2.52 bits per heavy atom. The maximum atomic E-state index is 5.47. The third-order valence-electron chi connectivity index (χ3n) is 4.23. The fourth-order valence-electron chi connectivity index (χ4n) is 2.73. The van der Waals surface area contributed by atoms with Gasteiger partial charge in [0.25, 0.3) is 0 Å². The van der Waals surface area contributed by atoms with Gasteiger partial charge in [0.2, 0.25) is 11.7 Å². The van der Waals surface area contributed by atoms with Crippen molar-refractivity contribution in [2.45, 2.75) is 19.9 Å². The van der Waals surface area contributed by atoms with E-state index in [1.54, 1.807) is 0 Å². The minimum absolute atomic E-state index is 0.175. The van der Waals surface area contributed by atoms with Crippen LogP contribution in [0.3, 0.4) is 0 Å². The molecular formula is C16H22N4O. The highest BCUT2D eigenvalue weighted by molar-refractivity contribution is 5.53. The van der Waals surface area contributed by atoms with Crippen LogP contribution < -0.4 is 0 Å². The molecule has 1 aromatic heterocycles. The molecule has 3 rings (SSSR count). The molecule has 0 radical (unpaired) electrons. The highest BCUT2D eigenvalue weighted by Gasteiger charge is 2.25. The van der Waals surface area contributed by atoms with Crippen LogP contribution in [-0.4, -0.2) is 52.7 Å². The quantitative estimate of drug-likeness (QED) is 0.864. The maximum absolute atomic E-state index is 5.47. The van der Waals surface area contributed by atoms with Gasteiger partial charge in [0.05, 0.1) is 6.04 Å². The number of nitrogens with zero attached hydrogens (tertiary/aromatic N) is 4. The monoisotopic (exact) mass is 286 g/mol. The summed E-state index contributed by atoms with van der Waals surface area (Å²) in [5.74, 6) is 1.38. The first-order valence-electron chi connectivity index (χ1n) is 7.63. The van der Waals surface area contributed by atoms with Crippen molar-refractivity contribution in [3.8, 4) is 11.4 Å². The zero-order valence-corrected chi connectivity index (χ0v) is 12.7. The second kappa shape index (κ2) is 6.37. The highest BCUT2D eigenvalue weighted by atomic mass is 16.5. The average molecular weight is 286 g/mol. The van der Waals surface area contributed by atoms with Crippen LogP contribution >= 0.6 is 0 Å². The smallest absolute Gasteiger partial charge is 0.244 e. The largest absolute Gasteiger partial charge is 0.337 e. The van der Waals surface area contributed by atoms with Crippen LogP contribution in [0.25, 0.3) is 11.4 Å². The van der Waals surface area contributed by atoms with Crippen molar-refractivity contribution in [3.63, 3.8) is 0 Å². The van der Waals surface area contributed by atoms with Gasteiger partial charge in [0.1, 0.15) is 0 Å². The predicted molar refractivity (Wildman–Crippen MR) is 81.8 cm³/mol. The molecule has 0 bridgehead atoms. The number of hydrogen-bond donors (Lipinski definition) is 0. The van der Waals surface area contributed by atoms with Crippen LogP contribution in [0, 0.1) is 0 Å². The van der Waals surface area contributed by atoms with E-state index in [1.165, 1.54) is 0 Å². The number of rotatable bonds is 4. The van der Waals surface area contributed by atoms with E-state index >= 15 is 0 Å². The lowest BCUT2D eigenvalue weighted by Crippen LogP contribution is -2.46. The molecule has 2 heterocycles. The normalized spacial score (nSPS) is 18.8. The molecule has 21 heavy (non-hydrogen) atoms. The van der Waals surface area contributed by atoms with E-state index in [-0.39, 0.29) is 6.04 Å². The van der Waals surface area contributed by atoms with Crippen LogP contribution in [0.15, 0.2) is 34.9 Å². The number of hydrogen-bond acceptors (Lipinski definition) is 5. The van der Waals surface area contributed by atoms with E-state index in [0.717, 1.165) is 38.3 Å². The van der Waals surface area contributed by atoms with Crippen molar-refractivity contribution in [3.05, 3.63) is 36.2 Å². The molecule has 1 saturated heterocycles. The van der Waals surface area contributed by atoms with Gasteiger partial charge < -0.3 is 9.42 Å². The first kappa shape index (κ1) is 14.2. The Hall–Kier alpha value is -1.72. The van der Waals surface area contributed by atoms with Gasteiger partial charge in [-0.25, -0.2) is 0 Å². The molecule has 1 atom stereocenters. The summed E-state index contributed by atoms with van der Waals surface area (Å²) in [6.45, 7) is 9.81. The molecule has 1 aliphatic rings. The SMILES string of the molecule is CCN1CCN(C(C)c2nc(-c3ccccc3)no2)CC1. The lowest BCUT2D eigenvalue weighted by molar-refractivity contribution is 0.0914. The van der Waals surface area contributed by atoms with E-state index in [9.17, 15) is 0 Å². The topological polar surface area (TPSA) is 45.4 Å². The predicted octanol–water partition coefficient (Wildman–Crippen LogP) is 2.44. The second-order valence-corrected chi connectivity index (χ2v) is 5.47. The molecule has 0 spiro atoms. The Morgan fingerprint density at radius 2 is 1.86 bits per heavy atom. The van der Waals surface area contributed by atoms with E-state index in [4.69, 9.17) is 4.52 Å². The van der Waals surface area contributed by atoms with Gasteiger partial charge in [0, 0.05) is 31.7 Å². The molecule has 0 amide bonds. The van der Waals surface area contributed by atoms with Crippen molar-refractivity contribution in [1.82, 2.24) is 19.9 Å². The molecule has 5 nitrogen and oxygen atoms in total. The summed E-state index contributed by atoms with van der Waals surface area (Å²) in [5, 5.41) is 4.11. The van der Waals surface area contributed by atoms with E-state index in [2.05, 4.69) is 33.8 Å². The van der Waals surface area contributed by atoms with Gasteiger partial charge >= 0.3 is 0 Å². The molecule has 1 aliphatic heterocycles. The maximum Gasteiger partial charge on any atom is 0.244 e. The van der Waals surface area contributed by atoms with Gasteiger partial charge in [-0.2, -0.15) is 4.98 Å². The molecular weight excluding hydrogens is 264 g/mol. The summed E-state index contributed by atoms with van der Waals surface area (Å²) in [7, 11) is 0. The van der Waals surface area contributed by atoms with Crippen LogP contribution in [0.4, 0.5) is 0 Å². The van der Waals surface area contributed by atoms with Crippen LogP contribution in [0.2, 0.25) is 0 Å². The Kier molecular flexibility index (Phi) is 4.31. The van der Waals surface area contributed by atoms with E-state index in [1.807, 2.05) is 30.3 Å². The lowest BCUT2D eigenvalue weighted by Gasteiger charge is -2.36. The number of aromatic nitrogens is 2. The van der Waals surface area contributed by atoms with Gasteiger partial charge in [-0.1, -0.05) is 42.4 Å². The van der Waals surface area contributed by atoms with Gasteiger partial charge in [-0.05, 0) is 13.5 Å². The summed E-state index contributed by atoms with van der Waals surface area (Å²) in [6, 6.07) is 10.1. The minimum Gasteiger partial charge on any atom is -0.337 e. The Labute approximate surface area is 125 Å². The third-order valence-corrected chi connectivity index (χ3v) is 4.23. The molecule has 1 aromatic carbocycles. The molecule has 112 valence electrons. The first-order valence-corrected chi connectivity index (χ1v) is 7.63. The summed E-state index contributed by atoms with van der Waals surface area (Å²) in [4.78, 5) is 9.44. The molecule has 1 fully saturated rings. The third kappa shape index (κ3) is 3.14. The van der Waals surface area contributed by atoms with Gasteiger partial charge in [0.15, 0.2) is 0 Å². The van der Waals surface area contributed by atoms with Crippen molar-refractivity contribution in [2.24, 2.45) is 0 Å². The summed E-state index contributed by atoms with van der Waals surface area (Å²) < 4.78 is 5.47. The zero-order chi connectivity index (χ0) is 14.7. The average Bonchev–Trinajstić information content (AvgIpc) is 3.05. The number of benzene rings is 1. The molecule has 5 heteroatoms. The molecule has 0 aliphatic carbocycles. The Balaban J connectivity index is 1.69. The summed E-state index contributed by atoms with van der Waals surface area (Å²) in [6.07, 6.45) is 0. The molecule has 2 aromatic rings. The summed E-state index contributed by atoms with van der Waals surface area (Å²) >= 11 is 0. The molecule has 0 saturated carbocycles. The first-order chi connectivity index (χ1) is 10.3. The van der Waals surface area contributed by atoms with Crippen molar-refractivity contribution >= 4 is 0 Å². The fraction of sp³-hybridized carbons (Fsp3) is 0.500. The number of likely N-dealkylation sites (N-methyl/N-ethyl adjacent to an activating group) is 1. The van der Waals surface area contributed by atoms with Crippen LogP contribution in [0.1, 0.15) is 25.8 Å². The Bertz CT molecular complexity index is 561. The van der Waals surface area contributed by atoms with Crippen LogP contribution in [-0.2, 0) is 0 Å². The van der Waals surface area contributed by atoms with E-state index < -0.39 is 0 Å². The summed E-state index contributed by atoms with van der Waals surface area (Å²) in [5.41, 5.74) is 0.996. The molecule has 0 N–H and O–H groups in total. The van der Waals surface area contributed by atoms with Gasteiger partial charge in [-0.15, -0.1) is 0 Å². The van der Waals surface area contributed by atoms with Crippen molar-refractivity contribution in [1.29, 1.82) is 0 Å². The van der Waals surface area contributed by atoms with Crippen molar-refractivity contribution in [2.75, 3.05) is 32.7 Å². The lowest BCUT2D eigenvalue weighted by atomic mass is 10.2. The molecule has 1 unspecified atom stereocenters. The minimum atomic E-state index is 0.175. The zero-order valence-electron chi connectivity index (χ0n) is 12.7. The van der Waals surface area contributed by atoms with Crippen molar-refractivity contribution < 1.29 is 4.52 Å². The second-order valence-electron chi connectivity index (χ2n) is 5.47. The Morgan fingerprint density at radius 1 is 1.14 bits per heavy atom. The fourth-order valence-corrected chi connectivity index (χ4v) is 2.73. The highest BCUT2D eigenvalue weighted by Crippen LogP contribution is 2.23. The van der Waals surface area contributed by atoms with Gasteiger partial charge in [-0.3, -0.25) is 4.90 Å². The van der Waals surface area contributed by atoms with E-state index in [0.29, 0.717) is 11.7 Å². The number of piperazine rings is 1.